The van der Waals surface area contributed by atoms with Gasteiger partial charge in [0.1, 0.15) is 0 Å². The summed E-state index contributed by atoms with van der Waals surface area (Å²) in [7, 11) is 1.46. The Morgan fingerprint density at radius 1 is 1.38 bits per heavy atom. The molecule has 88 valence electrons. The molecule has 0 saturated heterocycles. The van der Waals surface area contributed by atoms with Gasteiger partial charge in [0.2, 0.25) is 5.75 Å². The minimum Gasteiger partial charge on any atom is -0.504 e. The van der Waals surface area contributed by atoms with Crippen LogP contribution in [0.1, 0.15) is 25.3 Å². The minimum atomic E-state index is -0.216. The van der Waals surface area contributed by atoms with Crippen LogP contribution in [0.15, 0.2) is 12.1 Å². The molecule has 4 N–H and O–H groups in total. The van der Waals surface area contributed by atoms with Gasteiger partial charge >= 0.3 is 0 Å². The van der Waals surface area contributed by atoms with E-state index in [4.69, 9.17) is 10.5 Å². The van der Waals surface area contributed by atoms with Crippen molar-refractivity contribution >= 4 is 0 Å². The van der Waals surface area contributed by atoms with E-state index in [9.17, 15) is 10.2 Å². The van der Waals surface area contributed by atoms with E-state index in [1.807, 2.05) is 6.92 Å². The molecule has 0 radical (unpaired) electrons. The molecule has 1 unspecified atom stereocenters. The first-order valence-electron chi connectivity index (χ1n) is 5.37. The highest BCUT2D eigenvalue weighted by Gasteiger charge is 2.48. The van der Waals surface area contributed by atoms with Crippen LogP contribution in [0.2, 0.25) is 0 Å². The third-order valence-electron chi connectivity index (χ3n) is 3.51. The van der Waals surface area contributed by atoms with Crippen molar-refractivity contribution in [3.05, 3.63) is 17.7 Å². The van der Waals surface area contributed by atoms with Crippen molar-refractivity contribution in [3.63, 3.8) is 0 Å². The van der Waals surface area contributed by atoms with Gasteiger partial charge in [0.25, 0.3) is 0 Å². The van der Waals surface area contributed by atoms with E-state index in [1.54, 1.807) is 12.1 Å². The first-order valence-corrected chi connectivity index (χ1v) is 5.37. The number of aromatic hydroxyl groups is 2. The Morgan fingerprint density at radius 3 is 2.44 bits per heavy atom. The largest absolute Gasteiger partial charge is 0.504 e. The van der Waals surface area contributed by atoms with Crippen molar-refractivity contribution < 1.29 is 14.9 Å². The Kier molecular flexibility index (Phi) is 2.46. The molecular weight excluding hydrogens is 206 g/mol. The number of hydrogen-bond acceptors (Lipinski definition) is 4. The van der Waals surface area contributed by atoms with E-state index >= 15 is 0 Å². The average molecular weight is 223 g/mol. The van der Waals surface area contributed by atoms with Gasteiger partial charge in [-0.1, -0.05) is 0 Å². The van der Waals surface area contributed by atoms with Gasteiger partial charge in [-0.25, -0.2) is 0 Å². The average Bonchev–Trinajstić information content (AvgIpc) is 3.02. The molecule has 1 saturated carbocycles. The van der Waals surface area contributed by atoms with Crippen molar-refractivity contribution in [2.45, 2.75) is 31.2 Å². The van der Waals surface area contributed by atoms with Gasteiger partial charge in [0, 0.05) is 11.5 Å². The topological polar surface area (TPSA) is 75.7 Å². The highest BCUT2D eigenvalue weighted by Crippen LogP contribution is 2.53. The molecule has 0 spiro atoms. The molecule has 16 heavy (non-hydrogen) atoms. The normalized spacial score (nSPS) is 19.2. The first kappa shape index (κ1) is 11.1. The third-order valence-corrected chi connectivity index (χ3v) is 3.51. The third kappa shape index (κ3) is 1.50. The predicted octanol–water partition coefficient (Wildman–Crippen LogP) is 1.49. The van der Waals surface area contributed by atoms with Crippen molar-refractivity contribution in [3.8, 4) is 17.2 Å². The van der Waals surface area contributed by atoms with Crippen molar-refractivity contribution in [2.75, 3.05) is 7.11 Å². The SMILES string of the molecule is COc1cc(C2(C(C)N)CC2)cc(O)c1O. The molecule has 2 rings (SSSR count). The summed E-state index contributed by atoms with van der Waals surface area (Å²) in [6.45, 7) is 1.96. The second-order valence-electron chi connectivity index (χ2n) is 4.49. The molecule has 1 aliphatic carbocycles. The molecule has 1 aromatic rings. The molecule has 4 heteroatoms. The fraction of sp³-hybridized carbons (Fsp3) is 0.500. The summed E-state index contributed by atoms with van der Waals surface area (Å²) < 4.78 is 5.02. The van der Waals surface area contributed by atoms with Crippen LogP contribution in [-0.4, -0.2) is 23.4 Å². The molecule has 0 aromatic heterocycles. The lowest BCUT2D eigenvalue weighted by molar-refractivity contribution is 0.349. The molecule has 1 fully saturated rings. The lowest BCUT2D eigenvalue weighted by Crippen LogP contribution is -2.31. The molecule has 1 atom stereocenters. The number of phenolic OH excluding ortho intramolecular Hbond substituents is 2. The van der Waals surface area contributed by atoms with E-state index < -0.39 is 0 Å². The van der Waals surface area contributed by atoms with Gasteiger partial charge in [-0.2, -0.15) is 0 Å². The number of hydrogen-bond donors (Lipinski definition) is 3. The van der Waals surface area contributed by atoms with Gasteiger partial charge in [-0.3, -0.25) is 0 Å². The highest BCUT2D eigenvalue weighted by atomic mass is 16.5. The summed E-state index contributed by atoms with van der Waals surface area (Å²) in [6.07, 6.45) is 2.02. The maximum absolute atomic E-state index is 9.61. The van der Waals surface area contributed by atoms with Crippen molar-refractivity contribution in [2.24, 2.45) is 5.73 Å². The van der Waals surface area contributed by atoms with E-state index in [1.165, 1.54) is 7.11 Å². The number of benzene rings is 1. The van der Waals surface area contributed by atoms with Crippen LogP contribution >= 0.6 is 0 Å². The van der Waals surface area contributed by atoms with E-state index in [0.717, 1.165) is 18.4 Å². The lowest BCUT2D eigenvalue weighted by Gasteiger charge is -2.21. The Labute approximate surface area is 94.7 Å². The predicted molar refractivity (Wildman–Crippen MR) is 60.9 cm³/mol. The molecule has 1 aromatic carbocycles. The summed E-state index contributed by atoms with van der Waals surface area (Å²) in [4.78, 5) is 0. The fourth-order valence-corrected chi connectivity index (χ4v) is 2.18. The Balaban J connectivity index is 2.47. The summed E-state index contributed by atoms with van der Waals surface area (Å²) in [5.41, 5.74) is 6.84. The molecule has 0 bridgehead atoms. The number of rotatable bonds is 3. The molecule has 1 aliphatic rings. The fourth-order valence-electron chi connectivity index (χ4n) is 2.18. The number of methoxy groups -OCH3 is 1. The number of ether oxygens (including phenoxy) is 1. The van der Waals surface area contributed by atoms with E-state index in [2.05, 4.69) is 0 Å². The zero-order valence-corrected chi connectivity index (χ0v) is 9.53. The Bertz CT molecular complexity index is 411. The Morgan fingerprint density at radius 2 is 2.00 bits per heavy atom. The van der Waals surface area contributed by atoms with Crippen LogP contribution in [-0.2, 0) is 5.41 Å². The molecule has 0 heterocycles. The Hall–Kier alpha value is -1.42. The zero-order valence-electron chi connectivity index (χ0n) is 9.53. The number of nitrogens with two attached hydrogens (primary N) is 1. The van der Waals surface area contributed by atoms with Crippen LogP contribution < -0.4 is 10.5 Å². The minimum absolute atomic E-state index is 0.0288. The molecular formula is C12H17NO3. The number of phenols is 2. The standard InChI is InChI=1S/C12H17NO3/c1-7(13)12(3-4-12)8-5-9(14)11(15)10(6-8)16-2/h5-7,14-15H,3-4,13H2,1-2H3. The summed E-state index contributed by atoms with van der Waals surface area (Å²) in [5.74, 6) is -0.0741. The molecule has 4 nitrogen and oxygen atoms in total. The van der Waals surface area contributed by atoms with Crippen LogP contribution in [0.3, 0.4) is 0 Å². The second-order valence-corrected chi connectivity index (χ2v) is 4.49. The quantitative estimate of drug-likeness (QED) is 0.678. The van der Waals surface area contributed by atoms with Crippen molar-refractivity contribution in [1.82, 2.24) is 0 Å². The van der Waals surface area contributed by atoms with Gasteiger partial charge in [-0.05, 0) is 37.5 Å². The monoisotopic (exact) mass is 223 g/mol. The zero-order chi connectivity index (χ0) is 11.9. The van der Waals surface area contributed by atoms with Gasteiger partial charge in [-0.15, -0.1) is 0 Å². The smallest absolute Gasteiger partial charge is 0.200 e. The van der Waals surface area contributed by atoms with Crippen LogP contribution in [0.5, 0.6) is 17.2 Å². The molecule has 0 amide bonds. The summed E-state index contributed by atoms with van der Waals surface area (Å²) in [6, 6.07) is 3.36. The van der Waals surface area contributed by atoms with E-state index in [0.29, 0.717) is 5.75 Å². The van der Waals surface area contributed by atoms with E-state index in [-0.39, 0.29) is 23.0 Å². The second kappa shape index (κ2) is 3.56. The summed E-state index contributed by atoms with van der Waals surface area (Å²) >= 11 is 0. The maximum atomic E-state index is 9.61. The summed E-state index contributed by atoms with van der Waals surface area (Å²) in [5, 5.41) is 19.2. The van der Waals surface area contributed by atoms with Gasteiger partial charge < -0.3 is 20.7 Å². The first-order chi connectivity index (χ1) is 7.51. The molecule has 0 aliphatic heterocycles. The lowest BCUT2D eigenvalue weighted by atomic mass is 9.89. The van der Waals surface area contributed by atoms with Crippen LogP contribution in [0, 0.1) is 0 Å². The highest BCUT2D eigenvalue weighted by molar-refractivity contribution is 5.55. The van der Waals surface area contributed by atoms with Crippen LogP contribution in [0.25, 0.3) is 0 Å². The van der Waals surface area contributed by atoms with Crippen LogP contribution in [0.4, 0.5) is 0 Å². The van der Waals surface area contributed by atoms with Crippen molar-refractivity contribution in [1.29, 1.82) is 0 Å². The van der Waals surface area contributed by atoms with Gasteiger partial charge in [0.15, 0.2) is 11.5 Å². The maximum Gasteiger partial charge on any atom is 0.200 e. The van der Waals surface area contributed by atoms with Gasteiger partial charge in [0.05, 0.1) is 7.11 Å².